The predicted octanol–water partition coefficient (Wildman–Crippen LogP) is 3.16. The first kappa shape index (κ1) is 16.9. The molecule has 0 amide bonds. The molecule has 4 nitrogen and oxygen atoms in total. The Balaban J connectivity index is 1.80. The Hall–Kier alpha value is -2.49. The molecule has 1 unspecified atom stereocenters. The molecule has 2 rings (SSSR count). The lowest BCUT2D eigenvalue weighted by Crippen LogP contribution is -2.39. The molecule has 0 heterocycles. The van der Waals surface area contributed by atoms with E-state index < -0.39 is 0 Å². The maximum absolute atomic E-state index is 5.17. The van der Waals surface area contributed by atoms with Gasteiger partial charge in [-0.2, -0.15) is 0 Å². The number of nitrogens with one attached hydrogen (secondary N) is 2. The number of methoxy groups -OCH3 is 1. The molecule has 0 saturated carbocycles. The fourth-order valence-corrected chi connectivity index (χ4v) is 2.34. The van der Waals surface area contributed by atoms with Crippen molar-refractivity contribution in [2.24, 2.45) is 4.99 Å². The average Bonchev–Trinajstić information content (AvgIpc) is 2.62. The van der Waals surface area contributed by atoms with Crippen LogP contribution in [0.25, 0.3) is 0 Å². The van der Waals surface area contributed by atoms with Crippen LogP contribution >= 0.6 is 0 Å². The van der Waals surface area contributed by atoms with E-state index in [1.807, 2.05) is 30.3 Å². The third-order valence-corrected chi connectivity index (χ3v) is 3.74. The van der Waals surface area contributed by atoms with E-state index in [2.05, 4.69) is 46.8 Å². The first-order valence-electron chi connectivity index (χ1n) is 7.88. The minimum Gasteiger partial charge on any atom is -0.497 e. The van der Waals surface area contributed by atoms with Crippen LogP contribution in [-0.4, -0.2) is 26.7 Å². The number of hydrogen-bond acceptors (Lipinski definition) is 2. The van der Waals surface area contributed by atoms with Gasteiger partial charge in [-0.15, -0.1) is 0 Å². The summed E-state index contributed by atoms with van der Waals surface area (Å²) in [5, 5.41) is 6.76. The van der Waals surface area contributed by atoms with Crippen molar-refractivity contribution >= 4 is 5.96 Å². The molecule has 0 saturated heterocycles. The Labute approximate surface area is 138 Å². The highest BCUT2D eigenvalue weighted by Gasteiger charge is 2.06. The van der Waals surface area contributed by atoms with Crippen LogP contribution in [0.1, 0.15) is 24.1 Å². The van der Waals surface area contributed by atoms with Gasteiger partial charge in [0.2, 0.25) is 0 Å². The van der Waals surface area contributed by atoms with Gasteiger partial charge >= 0.3 is 0 Å². The molecule has 0 aliphatic carbocycles. The van der Waals surface area contributed by atoms with E-state index in [1.54, 1.807) is 14.2 Å². The number of hydrogen-bond donors (Lipinski definition) is 2. The summed E-state index contributed by atoms with van der Waals surface area (Å²) < 4.78 is 5.17. The third kappa shape index (κ3) is 5.33. The Morgan fingerprint density at radius 1 is 1.09 bits per heavy atom. The summed E-state index contributed by atoms with van der Waals surface area (Å²) in [6.45, 7) is 2.96. The Kier molecular flexibility index (Phi) is 6.48. The van der Waals surface area contributed by atoms with Crippen molar-refractivity contribution in [3.05, 3.63) is 65.7 Å². The van der Waals surface area contributed by atoms with Gasteiger partial charge in [-0.25, -0.2) is 0 Å². The predicted molar refractivity (Wildman–Crippen MR) is 96.1 cm³/mol. The summed E-state index contributed by atoms with van der Waals surface area (Å²) in [4.78, 5) is 4.29. The summed E-state index contributed by atoms with van der Waals surface area (Å²) in [6, 6.07) is 18.7. The summed E-state index contributed by atoms with van der Waals surface area (Å²) in [5.74, 6) is 1.70. The Morgan fingerprint density at radius 2 is 1.78 bits per heavy atom. The van der Waals surface area contributed by atoms with Crippen LogP contribution < -0.4 is 15.4 Å². The van der Waals surface area contributed by atoms with E-state index in [0.717, 1.165) is 24.7 Å². The van der Waals surface area contributed by atoms with Crippen molar-refractivity contribution in [2.45, 2.75) is 19.4 Å². The van der Waals surface area contributed by atoms with Crippen LogP contribution in [0.15, 0.2) is 59.6 Å². The van der Waals surface area contributed by atoms with Crippen molar-refractivity contribution < 1.29 is 4.74 Å². The van der Waals surface area contributed by atoms with E-state index in [1.165, 1.54) is 11.1 Å². The number of guanidine groups is 1. The average molecular weight is 311 g/mol. The number of aliphatic imine (C=N–C) groups is 1. The largest absolute Gasteiger partial charge is 0.497 e. The second kappa shape index (κ2) is 8.83. The highest BCUT2D eigenvalue weighted by atomic mass is 16.5. The smallest absolute Gasteiger partial charge is 0.191 e. The number of nitrogens with zero attached hydrogens (tertiary/aromatic N) is 1. The van der Waals surface area contributed by atoms with Gasteiger partial charge in [0.05, 0.1) is 13.2 Å². The first-order chi connectivity index (χ1) is 11.2. The zero-order valence-electron chi connectivity index (χ0n) is 14.0. The summed E-state index contributed by atoms with van der Waals surface area (Å²) in [6.07, 6.45) is 0.935. The van der Waals surface area contributed by atoms with Crippen LogP contribution in [0.5, 0.6) is 5.75 Å². The molecule has 0 aliphatic heterocycles. The maximum atomic E-state index is 5.17. The lowest BCUT2D eigenvalue weighted by Gasteiger charge is -2.18. The van der Waals surface area contributed by atoms with E-state index >= 15 is 0 Å². The summed E-state index contributed by atoms with van der Waals surface area (Å²) in [5.41, 5.74) is 2.51. The third-order valence-electron chi connectivity index (χ3n) is 3.74. The minimum atomic E-state index is 0.211. The molecule has 0 fully saturated rings. The SMILES string of the molecule is CN=C(NCCc1ccc(OC)cc1)NC(C)c1ccccc1. The van der Waals surface area contributed by atoms with E-state index in [4.69, 9.17) is 4.74 Å². The lowest BCUT2D eigenvalue weighted by atomic mass is 10.1. The molecule has 2 N–H and O–H groups in total. The zero-order valence-corrected chi connectivity index (χ0v) is 14.0. The van der Waals surface area contributed by atoms with Crippen LogP contribution in [0, 0.1) is 0 Å². The van der Waals surface area contributed by atoms with Gasteiger partial charge in [-0.05, 0) is 36.6 Å². The number of ether oxygens (including phenoxy) is 1. The molecule has 23 heavy (non-hydrogen) atoms. The topological polar surface area (TPSA) is 45.7 Å². The van der Waals surface area contributed by atoms with E-state index in [9.17, 15) is 0 Å². The molecule has 1 atom stereocenters. The second-order valence-corrected chi connectivity index (χ2v) is 5.37. The Bertz CT molecular complexity index is 608. The number of benzene rings is 2. The van der Waals surface area contributed by atoms with Crippen molar-refractivity contribution in [1.29, 1.82) is 0 Å². The fourth-order valence-electron chi connectivity index (χ4n) is 2.34. The highest BCUT2D eigenvalue weighted by molar-refractivity contribution is 5.80. The van der Waals surface area contributed by atoms with E-state index in [0.29, 0.717) is 0 Å². The minimum absolute atomic E-state index is 0.211. The van der Waals surface area contributed by atoms with Gasteiger partial charge in [0.15, 0.2) is 5.96 Å². The molecule has 2 aromatic rings. The van der Waals surface area contributed by atoms with Crippen LogP contribution in [0.3, 0.4) is 0 Å². The lowest BCUT2D eigenvalue weighted by molar-refractivity contribution is 0.414. The van der Waals surface area contributed by atoms with Gasteiger partial charge in [0, 0.05) is 13.6 Å². The van der Waals surface area contributed by atoms with E-state index in [-0.39, 0.29) is 6.04 Å². The quantitative estimate of drug-likeness (QED) is 0.636. The molecular formula is C19H25N3O. The van der Waals surface area contributed by atoms with Gasteiger partial charge in [-0.3, -0.25) is 4.99 Å². The van der Waals surface area contributed by atoms with Gasteiger partial charge in [0.1, 0.15) is 5.75 Å². The van der Waals surface area contributed by atoms with Crippen LogP contribution in [-0.2, 0) is 6.42 Å². The van der Waals surface area contributed by atoms with Gasteiger partial charge in [-0.1, -0.05) is 42.5 Å². The fraction of sp³-hybridized carbons (Fsp3) is 0.316. The van der Waals surface area contributed by atoms with Crippen molar-refractivity contribution in [3.63, 3.8) is 0 Å². The molecule has 0 bridgehead atoms. The van der Waals surface area contributed by atoms with Crippen LogP contribution in [0.2, 0.25) is 0 Å². The summed E-state index contributed by atoms with van der Waals surface area (Å²) in [7, 11) is 3.47. The van der Waals surface area contributed by atoms with Crippen molar-refractivity contribution in [1.82, 2.24) is 10.6 Å². The van der Waals surface area contributed by atoms with Gasteiger partial charge < -0.3 is 15.4 Å². The number of rotatable bonds is 6. The highest BCUT2D eigenvalue weighted by Crippen LogP contribution is 2.12. The molecule has 4 heteroatoms. The monoisotopic (exact) mass is 311 g/mol. The van der Waals surface area contributed by atoms with Crippen LogP contribution in [0.4, 0.5) is 0 Å². The second-order valence-electron chi connectivity index (χ2n) is 5.37. The summed E-state index contributed by atoms with van der Waals surface area (Å²) >= 11 is 0. The Morgan fingerprint density at radius 3 is 2.39 bits per heavy atom. The molecule has 122 valence electrons. The molecule has 0 radical (unpaired) electrons. The molecule has 0 aromatic heterocycles. The first-order valence-corrected chi connectivity index (χ1v) is 7.88. The molecular weight excluding hydrogens is 286 g/mol. The zero-order chi connectivity index (χ0) is 16.5. The van der Waals surface area contributed by atoms with Crippen molar-refractivity contribution in [3.8, 4) is 5.75 Å². The molecule has 0 spiro atoms. The normalized spacial score (nSPS) is 12.6. The molecule has 2 aromatic carbocycles. The van der Waals surface area contributed by atoms with Crippen molar-refractivity contribution in [2.75, 3.05) is 20.7 Å². The molecule has 0 aliphatic rings. The standard InChI is InChI=1S/C19H25N3O/c1-15(17-7-5-4-6-8-17)22-19(20-2)21-14-13-16-9-11-18(23-3)12-10-16/h4-12,15H,13-14H2,1-3H3,(H2,20,21,22). The maximum Gasteiger partial charge on any atom is 0.191 e. The van der Waals surface area contributed by atoms with Gasteiger partial charge in [0.25, 0.3) is 0 Å².